The van der Waals surface area contributed by atoms with Crippen LogP contribution in [0.1, 0.15) is 0 Å². The van der Waals surface area contributed by atoms with Gasteiger partial charge in [-0.1, -0.05) is 11.6 Å². The third kappa shape index (κ3) is 5.21. The van der Waals surface area contributed by atoms with E-state index in [0.717, 1.165) is 32.0 Å². The molecule has 0 bridgehead atoms. The summed E-state index contributed by atoms with van der Waals surface area (Å²) in [5.74, 6) is 2.27. The maximum Gasteiger partial charge on any atom is 0.238 e. The molecule has 2 aromatic rings. The molecule has 0 radical (unpaired) electrons. The van der Waals surface area contributed by atoms with Crippen molar-refractivity contribution in [3.8, 4) is 17.2 Å². The van der Waals surface area contributed by atoms with Gasteiger partial charge in [0.05, 0.1) is 32.9 Å². The molecule has 8 nitrogen and oxygen atoms in total. The van der Waals surface area contributed by atoms with Crippen LogP contribution < -0.4 is 24.4 Å². The lowest BCUT2D eigenvalue weighted by atomic mass is 10.2. The molecule has 1 fully saturated rings. The van der Waals surface area contributed by atoms with Crippen molar-refractivity contribution < 1.29 is 19.0 Å². The third-order valence-corrected chi connectivity index (χ3v) is 4.95. The summed E-state index contributed by atoms with van der Waals surface area (Å²) in [5.41, 5.74) is 0.591. The number of rotatable bonds is 7. The molecule has 2 heterocycles. The summed E-state index contributed by atoms with van der Waals surface area (Å²) in [5, 5.41) is 3.52. The van der Waals surface area contributed by atoms with Crippen molar-refractivity contribution in [1.29, 1.82) is 0 Å². The average molecular weight is 421 g/mol. The number of amides is 1. The second-order valence-corrected chi connectivity index (χ2v) is 7.00. The van der Waals surface area contributed by atoms with E-state index in [9.17, 15) is 4.79 Å². The molecule has 29 heavy (non-hydrogen) atoms. The maximum absolute atomic E-state index is 12.5. The average Bonchev–Trinajstić information content (AvgIpc) is 2.74. The van der Waals surface area contributed by atoms with Crippen molar-refractivity contribution in [2.45, 2.75) is 0 Å². The number of halogens is 1. The van der Waals surface area contributed by atoms with Gasteiger partial charge in [-0.25, -0.2) is 4.98 Å². The summed E-state index contributed by atoms with van der Waals surface area (Å²) in [7, 11) is 4.62. The number of carbonyl (C=O) groups is 1. The number of piperazine rings is 1. The zero-order valence-corrected chi connectivity index (χ0v) is 17.5. The number of benzene rings is 1. The standard InChI is InChI=1S/C20H25ClN4O4/c1-27-16-10-15(11-17(28-2)20(16)29-3)23-19(26)13-24-6-8-25(9-7-24)18-5-4-14(21)12-22-18/h4-5,10-12H,6-9,13H2,1-3H3,(H,23,26). The van der Waals surface area contributed by atoms with E-state index in [1.165, 1.54) is 21.3 Å². The fourth-order valence-corrected chi connectivity index (χ4v) is 3.36. The van der Waals surface area contributed by atoms with Gasteiger partial charge in [-0.15, -0.1) is 0 Å². The molecule has 0 atom stereocenters. The smallest absolute Gasteiger partial charge is 0.238 e. The van der Waals surface area contributed by atoms with Gasteiger partial charge in [-0.05, 0) is 12.1 Å². The summed E-state index contributed by atoms with van der Waals surface area (Å²) in [4.78, 5) is 21.2. The predicted molar refractivity (Wildman–Crippen MR) is 113 cm³/mol. The zero-order chi connectivity index (χ0) is 20.8. The topological polar surface area (TPSA) is 76.2 Å². The Morgan fingerprint density at radius 1 is 1.07 bits per heavy atom. The molecule has 1 saturated heterocycles. The normalized spacial score (nSPS) is 14.4. The number of nitrogens with zero attached hydrogens (tertiary/aromatic N) is 3. The first-order valence-electron chi connectivity index (χ1n) is 9.22. The molecule has 0 saturated carbocycles. The van der Waals surface area contributed by atoms with Crippen molar-refractivity contribution in [1.82, 2.24) is 9.88 Å². The van der Waals surface area contributed by atoms with Crippen molar-refractivity contribution >= 4 is 29.0 Å². The SMILES string of the molecule is COc1cc(NC(=O)CN2CCN(c3ccc(Cl)cn3)CC2)cc(OC)c1OC. The number of aromatic nitrogens is 1. The highest BCUT2D eigenvalue weighted by Gasteiger charge is 2.21. The molecule has 1 aliphatic rings. The fourth-order valence-electron chi connectivity index (χ4n) is 3.25. The lowest BCUT2D eigenvalue weighted by molar-refractivity contribution is -0.117. The van der Waals surface area contributed by atoms with Crippen LogP contribution in [0.2, 0.25) is 5.02 Å². The Balaban J connectivity index is 1.56. The van der Waals surface area contributed by atoms with Crippen molar-refractivity contribution in [3.63, 3.8) is 0 Å². The molecule has 0 spiro atoms. The third-order valence-electron chi connectivity index (χ3n) is 4.72. The van der Waals surface area contributed by atoms with Gasteiger partial charge in [-0.2, -0.15) is 0 Å². The summed E-state index contributed by atoms with van der Waals surface area (Å²) < 4.78 is 16.0. The number of ether oxygens (including phenoxy) is 3. The molecule has 0 unspecified atom stereocenters. The molecule has 1 N–H and O–H groups in total. The summed E-state index contributed by atoms with van der Waals surface area (Å²) in [6, 6.07) is 7.17. The Morgan fingerprint density at radius 3 is 2.24 bits per heavy atom. The molecule has 3 rings (SSSR count). The highest BCUT2D eigenvalue weighted by molar-refractivity contribution is 6.30. The van der Waals surface area contributed by atoms with E-state index in [2.05, 4.69) is 20.1 Å². The van der Waals surface area contributed by atoms with Crippen molar-refractivity contribution in [2.75, 3.05) is 64.3 Å². The minimum absolute atomic E-state index is 0.0997. The van der Waals surface area contributed by atoms with Gasteiger partial charge in [0.15, 0.2) is 11.5 Å². The molecular formula is C20H25ClN4O4. The zero-order valence-electron chi connectivity index (χ0n) is 16.8. The van der Waals surface area contributed by atoms with Crippen LogP contribution in [-0.4, -0.2) is 69.8 Å². The molecule has 1 aliphatic heterocycles. The Bertz CT molecular complexity index is 814. The fraction of sp³-hybridized carbons (Fsp3) is 0.400. The van der Waals surface area contributed by atoms with Crippen LogP contribution in [-0.2, 0) is 4.79 Å². The van der Waals surface area contributed by atoms with Gasteiger partial charge in [0.25, 0.3) is 0 Å². The van der Waals surface area contributed by atoms with E-state index in [-0.39, 0.29) is 5.91 Å². The van der Waals surface area contributed by atoms with Crippen LogP contribution in [0.5, 0.6) is 17.2 Å². The number of hydrogen-bond donors (Lipinski definition) is 1. The number of carbonyl (C=O) groups excluding carboxylic acids is 1. The Hall–Kier alpha value is -2.71. The van der Waals surface area contributed by atoms with Crippen LogP contribution in [0.15, 0.2) is 30.5 Å². The minimum Gasteiger partial charge on any atom is -0.493 e. The van der Waals surface area contributed by atoms with E-state index in [0.29, 0.717) is 34.5 Å². The Labute approximate surface area is 175 Å². The highest BCUT2D eigenvalue weighted by atomic mass is 35.5. The predicted octanol–water partition coefficient (Wildman–Crippen LogP) is 2.52. The molecule has 9 heteroatoms. The molecule has 0 aliphatic carbocycles. The number of methoxy groups -OCH3 is 3. The Kier molecular flexibility index (Phi) is 7.00. The highest BCUT2D eigenvalue weighted by Crippen LogP contribution is 2.39. The first kappa shape index (κ1) is 21.0. The maximum atomic E-state index is 12.5. The summed E-state index contributed by atoms with van der Waals surface area (Å²) >= 11 is 5.90. The Morgan fingerprint density at radius 2 is 1.72 bits per heavy atom. The van der Waals surface area contributed by atoms with Gasteiger partial charge in [0, 0.05) is 50.2 Å². The monoisotopic (exact) mass is 420 g/mol. The second kappa shape index (κ2) is 9.67. The lowest BCUT2D eigenvalue weighted by Gasteiger charge is -2.35. The second-order valence-electron chi connectivity index (χ2n) is 6.56. The molecule has 1 amide bonds. The van der Waals surface area contributed by atoms with E-state index < -0.39 is 0 Å². The lowest BCUT2D eigenvalue weighted by Crippen LogP contribution is -2.48. The number of nitrogens with one attached hydrogen (secondary N) is 1. The van der Waals surface area contributed by atoms with Gasteiger partial charge in [0.1, 0.15) is 5.82 Å². The van der Waals surface area contributed by atoms with Gasteiger partial charge < -0.3 is 24.4 Å². The number of hydrogen-bond acceptors (Lipinski definition) is 7. The van der Waals surface area contributed by atoms with Crippen LogP contribution in [0.4, 0.5) is 11.5 Å². The largest absolute Gasteiger partial charge is 0.493 e. The molecule has 1 aromatic carbocycles. The van der Waals surface area contributed by atoms with Crippen molar-refractivity contribution in [2.24, 2.45) is 0 Å². The van der Waals surface area contributed by atoms with E-state index >= 15 is 0 Å². The molecule has 1 aromatic heterocycles. The van der Waals surface area contributed by atoms with Gasteiger partial charge in [0.2, 0.25) is 11.7 Å². The molecular weight excluding hydrogens is 396 g/mol. The van der Waals surface area contributed by atoms with Crippen molar-refractivity contribution in [3.05, 3.63) is 35.5 Å². The number of pyridine rings is 1. The van der Waals surface area contributed by atoms with Crippen LogP contribution in [0.3, 0.4) is 0 Å². The van der Waals surface area contributed by atoms with E-state index in [4.69, 9.17) is 25.8 Å². The minimum atomic E-state index is -0.0997. The first-order valence-corrected chi connectivity index (χ1v) is 9.60. The summed E-state index contributed by atoms with van der Waals surface area (Å²) in [6.45, 7) is 3.44. The van der Waals surface area contributed by atoms with Crippen LogP contribution in [0, 0.1) is 0 Å². The van der Waals surface area contributed by atoms with Gasteiger partial charge in [-0.3, -0.25) is 9.69 Å². The van der Waals surface area contributed by atoms with Crippen LogP contribution in [0.25, 0.3) is 0 Å². The first-order chi connectivity index (χ1) is 14.0. The summed E-state index contributed by atoms with van der Waals surface area (Å²) in [6.07, 6.45) is 1.65. The molecule has 156 valence electrons. The van der Waals surface area contributed by atoms with E-state index in [1.54, 1.807) is 18.3 Å². The van der Waals surface area contributed by atoms with E-state index in [1.807, 2.05) is 12.1 Å². The number of anilines is 2. The quantitative estimate of drug-likeness (QED) is 0.737. The van der Waals surface area contributed by atoms with Gasteiger partial charge >= 0.3 is 0 Å². The van der Waals surface area contributed by atoms with Crippen LogP contribution >= 0.6 is 11.6 Å².